The van der Waals surface area contributed by atoms with Crippen molar-refractivity contribution < 1.29 is 23.8 Å². The van der Waals surface area contributed by atoms with E-state index >= 15 is 0 Å². The van der Waals surface area contributed by atoms with Gasteiger partial charge in [-0.25, -0.2) is 0 Å². The maximum atomic E-state index is 13.8. The minimum atomic E-state index is -0.583. The lowest BCUT2D eigenvalue weighted by Gasteiger charge is -2.25. The Labute approximate surface area is 248 Å². The molecule has 2 amide bonds. The zero-order valence-corrected chi connectivity index (χ0v) is 25.7. The Hall–Kier alpha value is -3.75. The molecule has 228 valence electrons. The lowest BCUT2D eigenvalue weighted by atomic mass is 9.95. The molecule has 0 saturated heterocycles. The van der Waals surface area contributed by atoms with Gasteiger partial charge >= 0.3 is 0 Å². The first-order chi connectivity index (χ1) is 20.2. The van der Waals surface area contributed by atoms with Crippen LogP contribution in [0.5, 0.6) is 17.2 Å². The van der Waals surface area contributed by atoms with Gasteiger partial charge in [-0.05, 0) is 66.5 Å². The normalized spacial score (nSPS) is 17.5. The van der Waals surface area contributed by atoms with Crippen molar-refractivity contribution in [2.24, 2.45) is 5.92 Å². The number of amides is 2. The molecule has 0 radical (unpaired) electrons. The zero-order valence-electron chi connectivity index (χ0n) is 25.7. The Kier molecular flexibility index (Phi) is 10.4. The van der Waals surface area contributed by atoms with Crippen LogP contribution in [0.4, 0.5) is 5.69 Å². The summed E-state index contributed by atoms with van der Waals surface area (Å²) in [5.41, 5.74) is 3.22. The van der Waals surface area contributed by atoms with Gasteiger partial charge in [-0.2, -0.15) is 0 Å². The Balaban J connectivity index is 1.81. The number of fused-ring (bicyclic) bond motifs is 3. The largest absolute Gasteiger partial charge is 0.493 e. The molecule has 2 aliphatic rings. The van der Waals surface area contributed by atoms with Crippen molar-refractivity contribution in [3.8, 4) is 28.4 Å². The number of hydrogen-bond donors (Lipinski definition) is 3. The van der Waals surface area contributed by atoms with Crippen LogP contribution < -0.4 is 35.6 Å². The summed E-state index contributed by atoms with van der Waals surface area (Å²) >= 11 is 0. The molecule has 9 nitrogen and oxygen atoms in total. The van der Waals surface area contributed by atoms with Gasteiger partial charge in [0.25, 0.3) is 0 Å². The summed E-state index contributed by atoms with van der Waals surface area (Å²) in [4.78, 5) is 39.4. The van der Waals surface area contributed by atoms with Gasteiger partial charge in [0.05, 0.1) is 33.1 Å². The minimum Gasteiger partial charge on any atom is -0.493 e. The molecular weight excluding hydrogens is 534 g/mol. The highest BCUT2D eigenvalue weighted by atomic mass is 16.5. The zero-order chi connectivity index (χ0) is 30.4. The number of carbonyl (C=O) groups excluding carboxylic acids is 2. The lowest BCUT2D eigenvalue weighted by Crippen LogP contribution is -2.47. The fraction of sp³-hybridized carbons (Fsp3) is 0.545. The van der Waals surface area contributed by atoms with E-state index in [0.717, 1.165) is 42.4 Å². The number of benzene rings is 1. The molecule has 0 aliphatic heterocycles. The van der Waals surface area contributed by atoms with E-state index in [0.29, 0.717) is 41.3 Å². The van der Waals surface area contributed by atoms with Crippen molar-refractivity contribution in [3.63, 3.8) is 0 Å². The Bertz CT molecular complexity index is 1350. The van der Waals surface area contributed by atoms with Crippen LogP contribution in [0.15, 0.2) is 29.1 Å². The number of hydrogen-bond acceptors (Lipinski definition) is 7. The predicted octanol–water partition coefficient (Wildman–Crippen LogP) is 5.14. The molecule has 4 rings (SSSR count). The van der Waals surface area contributed by atoms with E-state index in [9.17, 15) is 14.4 Å². The average molecular weight is 580 g/mol. The summed E-state index contributed by atoms with van der Waals surface area (Å²) in [6.07, 6.45) is 7.80. The van der Waals surface area contributed by atoms with Crippen LogP contribution in [0.2, 0.25) is 0 Å². The van der Waals surface area contributed by atoms with Gasteiger partial charge in [-0.1, -0.05) is 45.6 Å². The molecule has 0 heterocycles. The van der Waals surface area contributed by atoms with E-state index in [2.05, 4.69) is 16.0 Å². The molecule has 2 unspecified atom stereocenters. The van der Waals surface area contributed by atoms with Crippen molar-refractivity contribution >= 4 is 17.5 Å². The van der Waals surface area contributed by atoms with Crippen molar-refractivity contribution in [2.45, 2.75) is 90.3 Å². The van der Waals surface area contributed by atoms with Crippen LogP contribution in [0.1, 0.15) is 82.9 Å². The third-order valence-electron chi connectivity index (χ3n) is 8.38. The molecule has 3 N–H and O–H groups in total. The minimum absolute atomic E-state index is 0.0526. The van der Waals surface area contributed by atoms with Crippen molar-refractivity contribution in [3.05, 3.63) is 45.6 Å². The predicted molar refractivity (Wildman–Crippen MR) is 165 cm³/mol. The number of methoxy groups -OCH3 is 3. The SMILES string of the molecule is COc1cc2c(c(OC)c1OC)-c1ccc(NC(C(=O)NC3CCCCCC3)C(C)C)c(=O)cc1C(NC(C)=O)CC2. The highest BCUT2D eigenvalue weighted by Crippen LogP contribution is 2.50. The van der Waals surface area contributed by atoms with E-state index in [-0.39, 0.29) is 29.2 Å². The van der Waals surface area contributed by atoms with Gasteiger partial charge in [0, 0.05) is 18.5 Å². The van der Waals surface area contributed by atoms with Gasteiger partial charge in [0.2, 0.25) is 23.0 Å². The lowest BCUT2D eigenvalue weighted by molar-refractivity contribution is -0.123. The maximum Gasteiger partial charge on any atom is 0.242 e. The van der Waals surface area contributed by atoms with Crippen LogP contribution in [0.25, 0.3) is 11.1 Å². The maximum absolute atomic E-state index is 13.8. The molecule has 2 aliphatic carbocycles. The smallest absolute Gasteiger partial charge is 0.242 e. The summed E-state index contributed by atoms with van der Waals surface area (Å²) in [5, 5.41) is 9.54. The molecule has 2 aromatic rings. The number of nitrogens with one attached hydrogen (secondary N) is 3. The second kappa shape index (κ2) is 13.9. The summed E-state index contributed by atoms with van der Waals surface area (Å²) in [6, 6.07) is 6.27. The van der Waals surface area contributed by atoms with Crippen molar-refractivity contribution in [1.82, 2.24) is 10.6 Å². The van der Waals surface area contributed by atoms with Gasteiger partial charge < -0.3 is 30.2 Å². The summed E-state index contributed by atoms with van der Waals surface area (Å²) in [5.74, 6) is 1.15. The molecule has 42 heavy (non-hydrogen) atoms. The van der Waals surface area contributed by atoms with E-state index in [1.807, 2.05) is 26.0 Å². The highest BCUT2D eigenvalue weighted by molar-refractivity contribution is 5.86. The third kappa shape index (κ3) is 6.82. The second-order valence-corrected chi connectivity index (χ2v) is 11.7. The summed E-state index contributed by atoms with van der Waals surface area (Å²) < 4.78 is 17.1. The monoisotopic (exact) mass is 579 g/mol. The molecule has 1 saturated carbocycles. The molecule has 0 bridgehead atoms. The molecule has 0 aromatic heterocycles. The van der Waals surface area contributed by atoms with Crippen LogP contribution in [-0.4, -0.2) is 45.2 Å². The Morgan fingerprint density at radius 1 is 0.881 bits per heavy atom. The van der Waals surface area contributed by atoms with Crippen molar-refractivity contribution in [1.29, 1.82) is 0 Å². The topological polar surface area (TPSA) is 115 Å². The van der Waals surface area contributed by atoms with E-state index in [1.165, 1.54) is 19.8 Å². The van der Waals surface area contributed by atoms with E-state index < -0.39 is 12.1 Å². The average Bonchev–Trinajstić information content (AvgIpc) is 3.36. The van der Waals surface area contributed by atoms with Crippen LogP contribution >= 0.6 is 0 Å². The van der Waals surface area contributed by atoms with Gasteiger partial charge in [-0.15, -0.1) is 0 Å². The second-order valence-electron chi connectivity index (χ2n) is 11.7. The quantitative estimate of drug-likeness (QED) is 0.353. The molecule has 1 fully saturated rings. The first kappa shape index (κ1) is 31.2. The van der Waals surface area contributed by atoms with Gasteiger partial charge in [-0.3, -0.25) is 14.4 Å². The highest BCUT2D eigenvalue weighted by Gasteiger charge is 2.30. The summed E-state index contributed by atoms with van der Waals surface area (Å²) in [6.45, 7) is 5.42. The Morgan fingerprint density at radius 3 is 2.17 bits per heavy atom. The van der Waals surface area contributed by atoms with Crippen LogP contribution in [-0.2, 0) is 16.0 Å². The Morgan fingerprint density at radius 2 is 1.57 bits per heavy atom. The number of carbonyl (C=O) groups is 2. The number of aryl methyl sites for hydroxylation is 1. The number of rotatable bonds is 9. The van der Waals surface area contributed by atoms with E-state index in [1.54, 1.807) is 33.5 Å². The number of anilines is 1. The fourth-order valence-electron chi connectivity index (χ4n) is 6.24. The molecule has 0 spiro atoms. The third-order valence-corrected chi connectivity index (χ3v) is 8.38. The van der Waals surface area contributed by atoms with Crippen LogP contribution in [0, 0.1) is 5.92 Å². The molecular formula is C33H45N3O6. The molecule has 2 atom stereocenters. The molecule has 2 aromatic carbocycles. The molecule has 9 heteroatoms. The van der Waals surface area contributed by atoms with Gasteiger partial charge in [0.1, 0.15) is 6.04 Å². The fourth-order valence-corrected chi connectivity index (χ4v) is 6.24. The van der Waals surface area contributed by atoms with E-state index in [4.69, 9.17) is 14.2 Å². The van der Waals surface area contributed by atoms with Crippen LogP contribution in [0.3, 0.4) is 0 Å². The standard InChI is InChI=1S/C33H45N3O6/c1-19(2)30(33(39)35-22-11-9-7-8-10-12-22)36-26-16-14-23-24(18-27(26)38)25(34-20(3)37)15-13-21-17-28(40-4)31(41-5)32(42-6)29(21)23/h14,16-19,22,25,30H,7-13,15H2,1-6H3,(H,34,37)(H,35,39)(H,36,38). The van der Waals surface area contributed by atoms with Crippen molar-refractivity contribution in [2.75, 3.05) is 26.6 Å². The number of ether oxygens (including phenoxy) is 3. The van der Waals surface area contributed by atoms with Gasteiger partial charge in [0.15, 0.2) is 11.5 Å². The first-order valence-corrected chi connectivity index (χ1v) is 15.0. The summed E-state index contributed by atoms with van der Waals surface area (Å²) in [7, 11) is 4.70. The first-order valence-electron chi connectivity index (χ1n) is 15.0.